The maximum atomic E-state index is 11.8. The van der Waals surface area contributed by atoms with Crippen molar-refractivity contribution in [2.45, 2.75) is 33.6 Å². The highest BCUT2D eigenvalue weighted by Gasteiger charge is 2.26. The largest absolute Gasteiger partial charge is 0.361 e. The topological polar surface area (TPSA) is 55.1 Å². The lowest BCUT2D eigenvalue weighted by Crippen LogP contribution is -2.38. The molecule has 17 heavy (non-hydrogen) atoms. The van der Waals surface area contributed by atoms with Crippen molar-refractivity contribution in [2.75, 3.05) is 11.9 Å². The third kappa shape index (κ3) is 3.56. The van der Waals surface area contributed by atoms with Crippen LogP contribution in [0.15, 0.2) is 10.6 Å². The van der Waals surface area contributed by atoms with Crippen LogP contribution in [0, 0.1) is 12.3 Å². The summed E-state index contributed by atoms with van der Waals surface area (Å²) in [5.41, 5.74) is 0.465. The molecule has 0 saturated heterocycles. The first-order valence-corrected chi connectivity index (χ1v) is 6.96. The molecule has 5 heteroatoms. The lowest BCUT2D eigenvalue weighted by atomic mass is 9.84. The average molecular weight is 303 g/mol. The van der Waals surface area contributed by atoms with Crippen LogP contribution in [0.25, 0.3) is 0 Å². The van der Waals surface area contributed by atoms with Crippen molar-refractivity contribution in [1.82, 2.24) is 10.5 Å². The molecular formula is C12H19BrN2O2. The highest BCUT2D eigenvalue weighted by Crippen LogP contribution is 2.27. The van der Waals surface area contributed by atoms with E-state index in [9.17, 15) is 4.79 Å². The van der Waals surface area contributed by atoms with Gasteiger partial charge in [0.1, 0.15) is 5.76 Å². The van der Waals surface area contributed by atoms with E-state index in [1.807, 2.05) is 0 Å². The number of nitrogens with one attached hydrogen (secondary N) is 1. The molecule has 0 radical (unpaired) electrons. The number of hydrogen-bond acceptors (Lipinski definition) is 3. The summed E-state index contributed by atoms with van der Waals surface area (Å²) >= 11 is 3.52. The van der Waals surface area contributed by atoms with Crippen LogP contribution in [0.2, 0.25) is 0 Å². The summed E-state index contributed by atoms with van der Waals surface area (Å²) in [4.78, 5) is 11.8. The zero-order valence-corrected chi connectivity index (χ0v) is 12.1. The van der Waals surface area contributed by atoms with Gasteiger partial charge in [-0.15, -0.1) is 0 Å². The van der Waals surface area contributed by atoms with Crippen LogP contribution in [0.3, 0.4) is 0 Å². The molecule has 0 saturated carbocycles. The normalized spacial score (nSPS) is 11.5. The molecule has 1 aromatic heterocycles. The van der Waals surface area contributed by atoms with Crippen molar-refractivity contribution in [1.29, 1.82) is 0 Å². The van der Waals surface area contributed by atoms with Gasteiger partial charge in [-0.2, -0.15) is 0 Å². The minimum atomic E-state index is -0.172. The molecule has 0 bridgehead atoms. The van der Waals surface area contributed by atoms with E-state index in [0.717, 1.165) is 18.2 Å². The lowest BCUT2D eigenvalue weighted by Gasteiger charge is -2.29. The number of rotatable bonds is 6. The second-order valence-electron chi connectivity index (χ2n) is 4.35. The van der Waals surface area contributed by atoms with Crippen molar-refractivity contribution in [3.05, 3.63) is 17.5 Å². The van der Waals surface area contributed by atoms with Gasteiger partial charge in [-0.1, -0.05) is 34.9 Å². The molecule has 1 N–H and O–H groups in total. The number of aromatic nitrogens is 1. The van der Waals surface area contributed by atoms with Crippen molar-refractivity contribution in [2.24, 2.45) is 5.41 Å². The van der Waals surface area contributed by atoms with Crippen LogP contribution >= 0.6 is 15.9 Å². The summed E-state index contributed by atoms with van der Waals surface area (Å²) in [6.07, 6.45) is 2.04. The van der Waals surface area contributed by atoms with Gasteiger partial charge in [-0.3, -0.25) is 4.79 Å². The molecule has 96 valence electrons. The second kappa shape index (κ2) is 6.19. The summed E-state index contributed by atoms with van der Waals surface area (Å²) in [6.45, 7) is 6.69. The quantitative estimate of drug-likeness (QED) is 0.822. The molecule has 0 aliphatic carbocycles. The summed E-state index contributed by atoms with van der Waals surface area (Å²) in [5.74, 6) is 0.474. The van der Waals surface area contributed by atoms with Crippen molar-refractivity contribution in [3.63, 3.8) is 0 Å². The Kier molecular flexibility index (Phi) is 5.18. The van der Waals surface area contributed by atoms with Crippen LogP contribution < -0.4 is 5.32 Å². The number of nitrogens with zero attached hydrogens (tertiary/aromatic N) is 1. The van der Waals surface area contributed by atoms with Gasteiger partial charge in [0.05, 0.1) is 0 Å². The first-order chi connectivity index (χ1) is 8.06. The molecule has 1 rings (SSSR count). The van der Waals surface area contributed by atoms with Gasteiger partial charge in [0.15, 0.2) is 5.69 Å². The fourth-order valence-electron chi connectivity index (χ4n) is 1.57. The SMILES string of the molecule is CCC(CC)(CBr)CNC(=O)c1cc(C)on1. The van der Waals surface area contributed by atoms with E-state index >= 15 is 0 Å². The van der Waals surface area contributed by atoms with Gasteiger partial charge < -0.3 is 9.84 Å². The Labute approximate surface area is 110 Å². The Morgan fingerprint density at radius 3 is 2.59 bits per heavy atom. The van der Waals surface area contributed by atoms with Gasteiger partial charge >= 0.3 is 0 Å². The van der Waals surface area contributed by atoms with Gasteiger partial charge in [0.25, 0.3) is 5.91 Å². The zero-order valence-electron chi connectivity index (χ0n) is 10.5. The van der Waals surface area contributed by atoms with Gasteiger partial charge in [0, 0.05) is 17.9 Å². The Hall–Kier alpha value is -0.840. The van der Waals surface area contributed by atoms with Gasteiger partial charge in [-0.05, 0) is 25.2 Å². The number of hydrogen-bond donors (Lipinski definition) is 1. The molecule has 0 fully saturated rings. The predicted octanol–water partition coefficient (Wildman–Crippen LogP) is 2.91. The van der Waals surface area contributed by atoms with Crippen LogP contribution in [0.4, 0.5) is 0 Å². The van der Waals surface area contributed by atoms with Crippen molar-refractivity contribution >= 4 is 21.8 Å². The maximum Gasteiger partial charge on any atom is 0.273 e. The Morgan fingerprint density at radius 1 is 1.53 bits per heavy atom. The lowest BCUT2D eigenvalue weighted by molar-refractivity contribution is 0.0923. The van der Waals surface area contributed by atoms with E-state index < -0.39 is 0 Å². The molecule has 0 aromatic carbocycles. The summed E-state index contributed by atoms with van der Waals surface area (Å²) in [6, 6.07) is 1.64. The van der Waals surface area contributed by atoms with Crippen LogP contribution in [0.5, 0.6) is 0 Å². The number of alkyl halides is 1. The summed E-state index contributed by atoms with van der Waals surface area (Å²) < 4.78 is 4.88. The number of carbonyl (C=O) groups is 1. The maximum absolute atomic E-state index is 11.8. The average Bonchev–Trinajstić information content (AvgIpc) is 2.78. The molecule has 0 aliphatic rings. The molecule has 4 nitrogen and oxygen atoms in total. The summed E-state index contributed by atoms with van der Waals surface area (Å²) in [5, 5.41) is 7.49. The first kappa shape index (κ1) is 14.2. The zero-order chi connectivity index (χ0) is 12.9. The molecule has 1 amide bonds. The van der Waals surface area contributed by atoms with Crippen LogP contribution in [-0.2, 0) is 0 Å². The number of halogens is 1. The van der Waals surface area contributed by atoms with E-state index in [2.05, 4.69) is 40.3 Å². The molecule has 0 spiro atoms. The molecule has 1 aromatic rings. The van der Waals surface area contributed by atoms with Gasteiger partial charge in [-0.25, -0.2) is 0 Å². The van der Waals surface area contributed by atoms with E-state index in [0.29, 0.717) is 18.0 Å². The predicted molar refractivity (Wildman–Crippen MR) is 70.4 cm³/mol. The standard InChI is InChI=1S/C12H19BrN2O2/c1-4-12(5-2,7-13)8-14-11(16)10-6-9(3)17-15-10/h6H,4-5,7-8H2,1-3H3,(H,14,16). The van der Waals surface area contributed by atoms with E-state index in [4.69, 9.17) is 4.52 Å². The summed E-state index contributed by atoms with van der Waals surface area (Å²) in [7, 11) is 0. The Morgan fingerprint density at radius 2 is 2.18 bits per heavy atom. The highest BCUT2D eigenvalue weighted by molar-refractivity contribution is 9.09. The Bertz CT molecular complexity index is 364. The number of carbonyl (C=O) groups excluding carboxylic acids is 1. The van der Waals surface area contributed by atoms with Crippen LogP contribution in [0.1, 0.15) is 42.9 Å². The minimum Gasteiger partial charge on any atom is -0.361 e. The molecule has 0 aliphatic heterocycles. The molecular weight excluding hydrogens is 284 g/mol. The highest BCUT2D eigenvalue weighted by atomic mass is 79.9. The number of aryl methyl sites for hydroxylation is 1. The van der Waals surface area contributed by atoms with E-state index in [1.54, 1.807) is 13.0 Å². The fourth-order valence-corrected chi connectivity index (χ4v) is 2.56. The monoisotopic (exact) mass is 302 g/mol. The smallest absolute Gasteiger partial charge is 0.273 e. The van der Waals surface area contributed by atoms with Crippen molar-refractivity contribution in [3.8, 4) is 0 Å². The Balaban J connectivity index is 2.58. The van der Waals surface area contributed by atoms with E-state index in [-0.39, 0.29) is 11.3 Å². The second-order valence-corrected chi connectivity index (χ2v) is 4.91. The van der Waals surface area contributed by atoms with Crippen LogP contribution in [-0.4, -0.2) is 22.9 Å². The van der Waals surface area contributed by atoms with E-state index in [1.165, 1.54) is 0 Å². The molecule has 0 atom stereocenters. The minimum absolute atomic E-state index is 0.119. The third-order valence-electron chi connectivity index (χ3n) is 3.27. The van der Waals surface area contributed by atoms with Gasteiger partial charge in [0.2, 0.25) is 0 Å². The van der Waals surface area contributed by atoms with Crippen molar-refractivity contribution < 1.29 is 9.32 Å². The molecule has 0 unspecified atom stereocenters. The molecule has 1 heterocycles. The number of amides is 1. The third-order valence-corrected chi connectivity index (χ3v) is 4.46. The first-order valence-electron chi connectivity index (χ1n) is 5.84. The fraction of sp³-hybridized carbons (Fsp3) is 0.667.